The lowest BCUT2D eigenvalue weighted by atomic mass is 9.99. The zero-order valence-corrected chi connectivity index (χ0v) is 28.7. The lowest BCUT2D eigenvalue weighted by Crippen LogP contribution is -2.00. The van der Waals surface area contributed by atoms with Crippen molar-refractivity contribution in [2.45, 2.75) is 0 Å². The summed E-state index contributed by atoms with van der Waals surface area (Å²) in [7, 11) is 0. The van der Waals surface area contributed by atoms with Crippen LogP contribution in [0.1, 0.15) is 0 Å². The van der Waals surface area contributed by atoms with Gasteiger partial charge in [0.15, 0.2) is 17.5 Å². The standard InChI is InChI=1S/C47H28N4S/c1-3-13-29(14-4-1)45-48-46(30-15-5-2-6-16-30)50-47(49-45)39-26-33-19-9-10-20-35(33)44-43(39)37-24-23-34(28-42(37)52-44)51-40-22-12-11-21-36(40)38-25-31-17-7-8-18-32(31)27-41(38)51/h1-28H. The van der Waals surface area contributed by atoms with Crippen molar-refractivity contribution in [1.29, 1.82) is 0 Å². The normalized spacial score (nSPS) is 11.8. The van der Waals surface area contributed by atoms with Gasteiger partial charge in [-0.1, -0.05) is 133 Å². The van der Waals surface area contributed by atoms with Crippen molar-refractivity contribution in [1.82, 2.24) is 19.5 Å². The summed E-state index contributed by atoms with van der Waals surface area (Å²) in [5.74, 6) is 1.99. The molecule has 3 aromatic heterocycles. The van der Waals surface area contributed by atoms with Crippen molar-refractivity contribution < 1.29 is 0 Å². The van der Waals surface area contributed by atoms with Gasteiger partial charge in [0.2, 0.25) is 0 Å². The Balaban J connectivity index is 1.19. The molecule has 0 saturated heterocycles. The van der Waals surface area contributed by atoms with E-state index in [1.165, 1.54) is 58.1 Å². The summed E-state index contributed by atoms with van der Waals surface area (Å²) >= 11 is 1.84. The molecule has 0 unspecified atom stereocenters. The highest BCUT2D eigenvalue weighted by Gasteiger charge is 2.20. The van der Waals surface area contributed by atoms with Crippen LogP contribution < -0.4 is 0 Å². The highest BCUT2D eigenvalue weighted by Crippen LogP contribution is 2.45. The second kappa shape index (κ2) is 11.4. The molecular weight excluding hydrogens is 653 g/mol. The Morgan fingerprint density at radius 3 is 1.73 bits per heavy atom. The van der Waals surface area contributed by atoms with Gasteiger partial charge in [-0.25, -0.2) is 15.0 Å². The van der Waals surface area contributed by atoms with Gasteiger partial charge in [0, 0.05) is 53.3 Å². The molecule has 0 spiro atoms. The molecule has 0 fully saturated rings. The summed E-state index contributed by atoms with van der Waals surface area (Å²) in [6.45, 7) is 0. The van der Waals surface area contributed by atoms with Crippen LogP contribution in [0, 0.1) is 0 Å². The van der Waals surface area contributed by atoms with E-state index in [0.29, 0.717) is 17.5 Å². The fourth-order valence-corrected chi connectivity index (χ4v) is 9.07. The van der Waals surface area contributed by atoms with Gasteiger partial charge >= 0.3 is 0 Å². The van der Waals surface area contributed by atoms with Crippen LogP contribution in [0.3, 0.4) is 0 Å². The molecule has 0 aliphatic heterocycles. The smallest absolute Gasteiger partial charge is 0.164 e. The Bertz CT molecular complexity index is 3120. The number of aromatic nitrogens is 4. The number of benzene rings is 8. The van der Waals surface area contributed by atoms with Gasteiger partial charge in [-0.15, -0.1) is 11.3 Å². The monoisotopic (exact) mass is 680 g/mol. The number of hydrogen-bond donors (Lipinski definition) is 0. The maximum absolute atomic E-state index is 5.17. The highest BCUT2D eigenvalue weighted by molar-refractivity contribution is 7.26. The quantitative estimate of drug-likeness (QED) is 0.186. The van der Waals surface area contributed by atoms with E-state index in [4.69, 9.17) is 15.0 Å². The third-order valence-electron chi connectivity index (χ3n) is 10.2. The van der Waals surface area contributed by atoms with Crippen LogP contribution in [0.5, 0.6) is 0 Å². The number of rotatable bonds is 4. The van der Waals surface area contributed by atoms with Gasteiger partial charge in [0.1, 0.15) is 0 Å². The first-order valence-corrected chi connectivity index (χ1v) is 18.3. The predicted molar refractivity (Wildman–Crippen MR) is 218 cm³/mol. The van der Waals surface area contributed by atoms with Crippen LogP contribution in [-0.4, -0.2) is 19.5 Å². The number of para-hydroxylation sites is 1. The summed E-state index contributed by atoms with van der Waals surface area (Å²) < 4.78 is 4.87. The van der Waals surface area contributed by atoms with E-state index in [-0.39, 0.29) is 0 Å². The van der Waals surface area contributed by atoms with Crippen LogP contribution in [0.15, 0.2) is 170 Å². The molecule has 0 atom stereocenters. The minimum absolute atomic E-state index is 0.659. The molecule has 0 saturated carbocycles. The van der Waals surface area contributed by atoms with Gasteiger partial charge in [-0.2, -0.15) is 0 Å². The molecule has 8 aromatic carbocycles. The molecule has 11 aromatic rings. The second-order valence-electron chi connectivity index (χ2n) is 13.2. The zero-order chi connectivity index (χ0) is 34.2. The summed E-state index contributed by atoms with van der Waals surface area (Å²) in [6, 6.07) is 60.2. The minimum atomic E-state index is 0.659. The van der Waals surface area contributed by atoms with Crippen molar-refractivity contribution in [2.24, 2.45) is 0 Å². The van der Waals surface area contributed by atoms with Gasteiger partial charge in [0.25, 0.3) is 0 Å². The molecule has 4 nitrogen and oxygen atoms in total. The second-order valence-corrected chi connectivity index (χ2v) is 14.3. The predicted octanol–water partition coefficient (Wildman–Crippen LogP) is 12.6. The van der Waals surface area contributed by atoms with Gasteiger partial charge in [0.05, 0.1) is 11.0 Å². The lowest BCUT2D eigenvalue weighted by molar-refractivity contribution is 1.08. The molecule has 0 aliphatic carbocycles. The Kier molecular flexibility index (Phi) is 6.39. The van der Waals surface area contributed by atoms with E-state index in [1.54, 1.807) is 0 Å². The van der Waals surface area contributed by atoms with Crippen LogP contribution in [-0.2, 0) is 0 Å². The van der Waals surface area contributed by atoms with E-state index in [1.807, 2.05) is 47.7 Å². The number of nitrogens with zero attached hydrogens (tertiary/aromatic N) is 4. The number of thiophene rings is 1. The number of fused-ring (bicyclic) bond motifs is 9. The van der Waals surface area contributed by atoms with Crippen molar-refractivity contribution >= 4 is 74.9 Å². The molecule has 0 bridgehead atoms. The Hall–Kier alpha value is -6.69. The molecular formula is C47H28N4S. The van der Waals surface area contributed by atoms with Crippen molar-refractivity contribution in [3.8, 4) is 39.9 Å². The minimum Gasteiger partial charge on any atom is -0.309 e. The van der Waals surface area contributed by atoms with Crippen molar-refractivity contribution in [2.75, 3.05) is 0 Å². The van der Waals surface area contributed by atoms with Crippen LogP contribution >= 0.6 is 11.3 Å². The molecule has 11 rings (SSSR count). The maximum Gasteiger partial charge on any atom is 0.164 e. The van der Waals surface area contributed by atoms with E-state index >= 15 is 0 Å². The topological polar surface area (TPSA) is 43.6 Å². The van der Waals surface area contributed by atoms with Crippen LogP contribution in [0.4, 0.5) is 0 Å². The van der Waals surface area contributed by atoms with E-state index in [0.717, 1.165) is 27.8 Å². The first kappa shape index (κ1) is 29.1. The first-order chi connectivity index (χ1) is 25.8. The maximum atomic E-state index is 5.17. The average molecular weight is 681 g/mol. The van der Waals surface area contributed by atoms with Crippen molar-refractivity contribution in [3.63, 3.8) is 0 Å². The largest absolute Gasteiger partial charge is 0.309 e. The first-order valence-electron chi connectivity index (χ1n) is 17.4. The van der Waals surface area contributed by atoms with E-state index in [9.17, 15) is 0 Å². The summed E-state index contributed by atoms with van der Waals surface area (Å²) in [4.78, 5) is 15.3. The van der Waals surface area contributed by atoms with Gasteiger partial charge < -0.3 is 4.57 Å². The third-order valence-corrected chi connectivity index (χ3v) is 11.4. The molecule has 0 aliphatic rings. The Morgan fingerprint density at radius 1 is 0.404 bits per heavy atom. The van der Waals surface area contributed by atoms with E-state index in [2.05, 4.69) is 138 Å². The molecule has 0 amide bonds. The zero-order valence-electron chi connectivity index (χ0n) is 27.9. The average Bonchev–Trinajstić information content (AvgIpc) is 3.76. The van der Waals surface area contributed by atoms with Crippen molar-refractivity contribution in [3.05, 3.63) is 170 Å². The molecule has 5 heteroatoms. The number of hydrogen-bond acceptors (Lipinski definition) is 4. The Morgan fingerprint density at radius 2 is 1.00 bits per heavy atom. The van der Waals surface area contributed by atoms with E-state index < -0.39 is 0 Å². The van der Waals surface area contributed by atoms with Gasteiger partial charge in [-0.05, 0) is 57.9 Å². The highest BCUT2D eigenvalue weighted by atomic mass is 32.1. The molecule has 0 radical (unpaired) electrons. The fourth-order valence-electron chi connectivity index (χ4n) is 7.78. The summed E-state index contributed by atoms with van der Waals surface area (Å²) in [5, 5.41) is 9.76. The summed E-state index contributed by atoms with van der Waals surface area (Å²) in [6.07, 6.45) is 0. The molecule has 242 valence electrons. The van der Waals surface area contributed by atoms with Crippen LogP contribution in [0.2, 0.25) is 0 Å². The van der Waals surface area contributed by atoms with Gasteiger partial charge in [-0.3, -0.25) is 0 Å². The molecule has 3 heterocycles. The SMILES string of the molecule is c1ccc(-c2nc(-c3ccccc3)nc(-c3cc4ccccc4c4sc5cc(-n6c7ccccc7c7cc8ccccc8cc76)ccc5c34)n2)cc1. The molecule has 0 N–H and O–H groups in total. The fraction of sp³-hybridized carbons (Fsp3) is 0. The Labute approximate surface area is 302 Å². The van der Waals surface area contributed by atoms with Crippen LogP contribution in [0.25, 0.3) is 103 Å². The summed E-state index contributed by atoms with van der Waals surface area (Å²) in [5.41, 5.74) is 6.47. The third kappa shape index (κ3) is 4.50. The molecule has 52 heavy (non-hydrogen) atoms. The lowest BCUT2D eigenvalue weighted by Gasteiger charge is -2.11.